The van der Waals surface area contributed by atoms with Crippen molar-refractivity contribution in [1.29, 1.82) is 0 Å². The molecule has 44 heavy (non-hydrogen) atoms. The number of aliphatic hydroxyl groups is 1. The number of fused-ring (bicyclic) bond motifs is 3. The molecule has 2 aromatic carbocycles. The van der Waals surface area contributed by atoms with Gasteiger partial charge < -0.3 is 20.8 Å². The van der Waals surface area contributed by atoms with E-state index in [4.69, 9.17) is 5.73 Å². The fourth-order valence-corrected chi connectivity index (χ4v) is 7.49. The molecule has 3 aliphatic carbocycles. The highest BCUT2D eigenvalue weighted by Crippen LogP contribution is 2.52. The van der Waals surface area contributed by atoms with Crippen molar-refractivity contribution >= 4 is 34.7 Å². The van der Waals surface area contributed by atoms with E-state index in [2.05, 4.69) is 0 Å². The Hall–Kier alpha value is -4.00. The summed E-state index contributed by atoms with van der Waals surface area (Å²) in [5.74, 6) is -11.3. The van der Waals surface area contributed by atoms with E-state index in [1.54, 1.807) is 69.3 Å². The number of amides is 1. The van der Waals surface area contributed by atoms with Gasteiger partial charge in [-0.3, -0.25) is 33.8 Å². The van der Waals surface area contributed by atoms with Gasteiger partial charge in [0.05, 0.1) is 17.5 Å². The summed E-state index contributed by atoms with van der Waals surface area (Å²) in [6, 6.07) is 6.93. The van der Waals surface area contributed by atoms with Crippen LogP contribution in [0.5, 0.6) is 5.75 Å². The molecule has 0 spiro atoms. The summed E-state index contributed by atoms with van der Waals surface area (Å²) >= 11 is 0. The number of primary amides is 1. The van der Waals surface area contributed by atoms with Crippen molar-refractivity contribution in [2.45, 2.75) is 37.6 Å². The van der Waals surface area contributed by atoms with Crippen molar-refractivity contribution in [3.63, 3.8) is 0 Å². The predicted octanol–water partition coefficient (Wildman–Crippen LogP) is 0.704. The van der Waals surface area contributed by atoms with Gasteiger partial charge in [-0.15, -0.1) is 0 Å². The minimum atomic E-state index is -2.78. The topological polar surface area (TPSA) is 162 Å². The predicted molar refractivity (Wildman–Crippen MR) is 157 cm³/mol. The molecule has 12 heteroatoms. The van der Waals surface area contributed by atoms with E-state index in [1.807, 2.05) is 0 Å². The Morgan fingerprint density at radius 2 is 1.66 bits per heavy atom. The van der Waals surface area contributed by atoms with Gasteiger partial charge in [-0.05, 0) is 57.6 Å². The van der Waals surface area contributed by atoms with E-state index >= 15 is 0 Å². The maximum atomic E-state index is 14.3. The largest absolute Gasteiger partial charge is 0.507 e. The number of carbonyl (C=O) groups excluding carboxylic acids is 5. The van der Waals surface area contributed by atoms with Gasteiger partial charge in [-0.25, -0.2) is 4.39 Å². The van der Waals surface area contributed by atoms with Crippen LogP contribution in [0.4, 0.5) is 10.1 Å². The molecule has 0 aromatic heterocycles. The summed E-state index contributed by atoms with van der Waals surface area (Å²) < 4.78 is 14.3. The molecule has 6 atom stereocenters. The third kappa shape index (κ3) is 4.72. The smallest absolute Gasteiger partial charge is 0.235 e. The van der Waals surface area contributed by atoms with Gasteiger partial charge in [0.15, 0.2) is 34.7 Å². The molecule has 0 saturated heterocycles. The Kier molecular flexibility index (Phi) is 7.98. The second kappa shape index (κ2) is 11.2. The zero-order chi connectivity index (χ0) is 32.4. The number of aromatic hydroxyl groups is 1. The van der Waals surface area contributed by atoms with Crippen LogP contribution in [0.15, 0.2) is 30.3 Å². The fourth-order valence-electron chi connectivity index (χ4n) is 7.49. The van der Waals surface area contributed by atoms with Gasteiger partial charge in [0, 0.05) is 49.9 Å². The summed E-state index contributed by atoms with van der Waals surface area (Å²) in [5.41, 5.74) is 4.51. The van der Waals surface area contributed by atoms with Crippen LogP contribution in [-0.4, -0.2) is 95.9 Å². The lowest BCUT2D eigenvalue weighted by Gasteiger charge is -2.52. The Labute approximate surface area is 254 Å². The quantitative estimate of drug-likeness (QED) is 0.382. The molecule has 234 valence electrons. The minimum absolute atomic E-state index is 0.0232. The molecule has 2 fully saturated rings. The molecule has 0 bridgehead atoms. The molecule has 0 aliphatic heterocycles. The van der Waals surface area contributed by atoms with Crippen molar-refractivity contribution in [2.75, 3.05) is 40.1 Å². The number of hydrogen-bond acceptors (Lipinski definition) is 10. The number of carbonyl (C=O) groups is 5. The van der Waals surface area contributed by atoms with Gasteiger partial charge in [0.1, 0.15) is 11.6 Å². The monoisotopic (exact) mass is 608 g/mol. The molecule has 2 saturated carbocycles. The number of phenolic OH excluding ortho intramolecular Hbond substituents is 1. The van der Waals surface area contributed by atoms with E-state index < -0.39 is 64.4 Å². The molecule has 11 nitrogen and oxygen atoms in total. The standard InChI is InChI=1S/C32H37FN4O7/c1-35(2)21-12-17(14-37(5)13-15-8-6-7-9-20(15)33)26(38)23-18(21)10-16-11-19-25(36(3)4)28(40)24(31(34)43)30(42)32(19,44)29(41)22(16)27(23)39/h6-9,12,16,19,22,24-25,38,44H,10-11,13-14H2,1-5H3,(H2,34,43)/t16-,19-,22?,24?,25-,32-/m0/s1. The van der Waals surface area contributed by atoms with Crippen molar-refractivity contribution in [3.05, 3.63) is 58.4 Å². The number of Topliss-reactive ketones (excluding diaryl/α,β-unsaturated/α-hetero) is 4. The van der Waals surface area contributed by atoms with Crippen LogP contribution < -0.4 is 10.6 Å². The number of hydrogen-bond donors (Lipinski definition) is 3. The first kappa shape index (κ1) is 31.4. The number of phenols is 1. The van der Waals surface area contributed by atoms with Crippen LogP contribution in [-0.2, 0) is 38.7 Å². The summed E-state index contributed by atoms with van der Waals surface area (Å²) in [4.78, 5) is 72.3. The molecule has 2 unspecified atom stereocenters. The molecular formula is C32H37FN4O7. The summed E-state index contributed by atoms with van der Waals surface area (Å²) in [5, 5.41) is 23.3. The molecule has 1 amide bonds. The number of halogens is 1. The highest BCUT2D eigenvalue weighted by atomic mass is 19.1. The van der Waals surface area contributed by atoms with Crippen LogP contribution in [0.3, 0.4) is 0 Å². The Morgan fingerprint density at radius 1 is 1.02 bits per heavy atom. The second-order valence-electron chi connectivity index (χ2n) is 12.7. The maximum absolute atomic E-state index is 14.3. The molecule has 0 radical (unpaired) electrons. The van der Waals surface area contributed by atoms with E-state index in [0.29, 0.717) is 22.4 Å². The molecule has 3 aliphatic rings. The number of benzene rings is 2. The summed E-state index contributed by atoms with van der Waals surface area (Å²) in [7, 11) is 8.39. The van der Waals surface area contributed by atoms with Crippen LogP contribution in [0.2, 0.25) is 0 Å². The van der Waals surface area contributed by atoms with E-state index in [1.165, 1.54) is 11.0 Å². The third-order valence-electron chi connectivity index (χ3n) is 9.44. The zero-order valence-electron chi connectivity index (χ0n) is 25.3. The average Bonchev–Trinajstić information content (AvgIpc) is 2.93. The molecule has 0 heterocycles. The zero-order valence-corrected chi connectivity index (χ0v) is 25.3. The van der Waals surface area contributed by atoms with Crippen LogP contribution >= 0.6 is 0 Å². The molecular weight excluding hydrogens is 571 g/mol. The van der Waals surface area contributed by atoms with Gasteiger partial charge >= 0.3 is 0 Å². The van der Waals surface area contributed by atoms with Gasteiger partial charge in [-0.1, -0.05) is 18.2 Å². The number of rotatable bonds is 7. The van der Waals surface area contributed by atoms with Crippen LogP contribution in [0, 0.1) is 29.5 Å². The number of nitrogens with zero attached hydrogens (tertiary/aromatic N) is 3. The number of nitrogens with two attached hydrogens (primary N) is 1. The highest BCUT2D eigenvalue weighted by molar-refractivity contribution is 6.32. The lowest BCUT2D eigenvalue weighted by atomic mass is 9.52. The number of ketones is 4. The average molecular weight is 609 g/mol. The Bertz CT molecular complexity index is 1590. The second-order valence-corrected chi connectivity index (χ2v) is 12.7. The van der Waals surface area contributed by atoms with Crippen LogP contribution in [0.1, 0.15) is 33.5 Å². The van der Waals surface area contributed by atoms with E-state index in [9.17, 15) is 38.6 Å². The van der Waals surface area contributed by atoms with Crippen molar-refractivity contribution in [3.8, 4) is 5.75 Å². The molecule has 4 N–H and O–H groups in total. The first-order chi connectivity index (χ1) is 20.6. The number of anilines is 1. The molecule has 2 aromatic rings. The first-order valence-electron chi connectivity index (χ1n) is 14.4. The fraction of sp³-hybridized carbons (Fsp3) is 0.469. The van der Waals surface area contributed by atoms with Gasteiger partial charge in [0.25, 0.3) is 0 Å². The Morgan fingerprint density at radius 3 is 2.25 bits per heavy atom. The summed E-state index contributed by atoms with van der Waals surface area (Å²) in [6.07, 6.45) is 0.142. The lowest BCUT2D eigenvalue weighted by molar-refractivity contribution is -0.181. The normalized spacial score (nSPS) is 28.2. The van der Waals surface area contributed by atoms with Gasteiger partial charge in [0.2, 0.25) is 5.91 Å². The maximum Gasteiger partial charge on any atom is 0.235 e. The van der Waals surface area contributed by atoms with Crippen molar-refractivity contribution in [2.24, 2.45) is 29.4 Å². The van der Waals surface area contributed by atoms with Gasteiger partial charge in [-0.2, -0.15) is 0 Å². The van der Waals surface area contributed by atoms with E-state index in [-0.39, 0.29) is 43.1 Å². The third-order valence-corrected chi connectivity index (χ3v) is 9.44. The van der Waals surface area contributed by atoms with E-state index in [0.717, 1.165) is 0 Å². The minimum Gasteiger partial charge on any atom is -0.507 e. The van der Waals surface area contributed by atoms with Crippen molar-refractivity contribution in [1.82, 2.24) is 9.80 Å². The van der Waals surface area contributed by atoms with Crippen molar-refractivity contribution < 1.29 is 38.6 Å². The summed E-state index contributed by atoms with van der Waals surface area (Å²) in [6.45, 7) is 0.363. The molecule has 5 rings (SSSR count). The SMILES string of the molecule is CN(Cc1ccccc1F)Cc1cc(N(C)C)c2c(c1O)C(=O)C1C(=O)[C@]3(O)C(=O)C(C(N)=O)C(=O)[C@@H](N(C)C)[C@@H]3C[C@@H]1C2. The highest BCUT2D eigenvalue weighted by Gasteiger charge is 2.69. The lowest BCUT2D eigenvalue weighted by Crippen LogP contribution is -2.74. The number of likely N-dealkylation sites (N-methyl/N-ethyl adjacent to an activating group) is 1. The first-order valence-corrected chi connectivity index (χ1v) is 14.4. The van der Waals surface area contributed by atoms with Crippen LogP contribution in [0.25, 0.3) is 0 Å². The Balaban J connectivity index is 1.57.